The van der Waals surface area contributed by atoms with Gasteiger partial charge in [-0.3, -0.25) is 9.59 Å². The maximum Gasteiger partial charge on any atom is 0.223 e. The summed E-state index contributed by atoms with van der Waals surface area (Å²) in [5, 5.41) is 2.90. The maximum absolute atomic E-state index is 11.9. The Morgan fingerprint density at radius 1 is 1.29 bits per heavy atom. The number of amides is 2. The second-order valence-corrected chi connectivity index (χ2v) is 7.03. The quantitative estimate of drug-likeness (QED) is 0.900. The smallest absolute Gasteiger partial charge is 0.223 e. The molecule has 0 aliphatic carbocycles. The lowest BCUT2D eigenvalue weighted by molar-refractivity contribution is -0.122. The average Bonchev–Trinajstić information content (AvgIpc) is 2.29. The van der Waals surface area contributed by atoms with Crippen molar-refractivity contribution in [3.63, 3.8) is 0 Å². The van der Waals surface area contributed by atoms with E-state index in [0.29, 0.717) is 6.54 Å². The van der Waals surface area contributed by atoms with Gasteiger partial charge in [-0.05, 0) is 61.3 Å². The molecule has 0 heterocycles. The lowest BCUT2D eigenvalue weighted by Crippen LogP contribution is -2.42. The molecule has 5 heteroatoms. The largest absolute Gasteiger partial charge is 0.351 e. The molecule has 0 bridgehead atoms. The fourth-order valence-electron chi connectivity index (χ4n) is 1.97. The van der Waals surface area contributed by atoms with E-state index >= 15 is 0 Å². The van der Waals surface area contributed by atoms with Crippen molar-refractivity contribution in [3.8, 4) is 0 Å². The molecule has 0 aromatic heterocycles. The predicted octanol–water partition coefficient (Wildman–Crippen LogP) is 3.42. The van der Waals surface area contributed by atoms with Gasteiger partial charge in [0.15, 0.2) is 0 Å². The molecule has 1 N–H and O–H groups in total. The first-order valence-corrected chi connectivity index (χ1v) is 7.75. The van der Waals surface area contributed by atoms with E-state index in [2.05, 4.69) is 21.2 Å². The van der Waals surface area contributed by atoms with Gasteiger partial charge in [-0.2, -0.15) is 0 Å². The van der Waals surface area contributed by atoms with Crippen LogP contribution in [0.4, 0.5) is 5.69 Å². The lowest BCUT2D eigenvalue weighted by Gasteiger charge is -2.24. The Kier molecular flexibility index (Phi) is 5.96. The van der Waals surface area contributed by atoms with E-state index in [0.717, 1.165) is 15.7 Å². The first-order valence-electron chi connectivity index (χ1n) is 6.95. The summed E-state index contributed by atoms with van der Waals surface area (Å²) < 4.78 is 0.855. The van der Waals surface area contributed by atoms with Crippen LogP contribution in [-0.4, -0.2) is 23.9 Å². The summed E-state index contributed by atoms with van der Waals surface area (Å²) in [5.74, 6) is -0.139. The zero-order chi connectivity index (χ0) is 16.2. The number of hydrogen-bond acceptors (Lipinski definition) is 2. The standard InChI is InChI=1S/C16H23BrN2O2/c1-11-6-7-14(13(17)10-11)19(12(2)20)9-8-15(21)18-16(3,4)5/h6-7,10H,8-9H2,1-5H3,(H,18,21). The second-order valence-electron chi connectivity index (χ2n) is 6.17. The van der Waals surface area contributed by atoms with Gasteiger partial charge >= 0.3 is 0 Å². The molecule has 0 radical (unpaired) electrons. The Morgan fingerprint density at radius 2 is 1.90 bits per heavy atom. The van der Waals surface area contributed by atoms with Gasteiger partial charge in [0, 0.05) is 29.9 Å². The highest BCUT2D eigenvalue weighted by Gasteiger charge is 2.18. The van der Waals surface area contributed by atoms with Crippen molar-refractivity contribution in [2.45, 2.75) is 46.6 Å². The van der Waals surface area contributed by atoms with Crippen LogP contribution in [0, 0.1) is 6.92 Å². The van der Waals surface area contributed by atoms with Crippen LogP contribution in [0.5, 0.6) is 0 Å². The van der Waals surface area contributed by atoms with Gasteiger partial charge in [-0.15, -0.1) is 0 Å². The SMILES string of the molecule is CC(=O)N(CCC(=O)NC(C)(C)C)c1ccc(C)cc1Br. The van der Waals surface area contributed by atoms with E-state index in [4.69, 9.17) is 0 Å². The highest BCUT2D eigenvalue weighted by molar-refractivity contribution is 9.10. The summed E-state index contributed by atoms with van der Waals surface area (Å²) in [6, 6.07) is 5.80. The van der Waals surface area contributed by atoms with Crippen molar-refractivity contribution in [2.75, 3.05) is 11.4 Å². The minimum Gasteiger partial charge on any atom is -0.351 e. The number of nitrogens with zero attached hydrogens (tertiary/aromatic N) is 1. The molecule has 0 fully saturated rings. The van der Waals surface area contributed by atoms with E-state index < -0.39 is 0 Å². The average molecular weight is 355 g/mol. The Hall–Kier alpha value is -1.36. The summed E-state index contributed by atoms with van der Waals surface area (Å²) >= 11 is 3.48. The monoisotopic (exact) mass is 354 g/mol. The van der Waals surface area contributed by atoms with Crippen molar-refractivity contribution >= 4 is 33.4 Å². The first kappa shape index (κ1) is 17.7. The molecule has 0 unspecified atom stereocenters. The molecule has 0 saturated heterocycles. The van der Waals surface area contributed by atoms with Crippen LogP contribution < -0.4 is 10.2 Å². The maximum atomic E-state index is 11.9. The molecule has 0 aliphatic rings. The predicted molar refractivity (Wildman–Crippen MR) is 89.4 cm³/mol. The number of nitrogens with one attached hydrogen (secondary N) is 1. The summed E-state index contributed by atoms with van der Waals surface area (Å²) in [6.45, 7) is 9.66. The number of benzene rings is 1. The second kappa shape index (κ2) is 7.07. The molecule has 1 aromatic carbocycles. The van der Waals surface area contributed by atoms with E-state index in [1.165, 1.54) is 6.92 Å². The van der Waals surface area contributed by atoms with Crippen molar-refractivity contribution in [2.24, 2.45) is 0 Å². The topological polar surface area (TPSA) is 49.4 Å². The first-order chi connectivity index (χ1) is 9.60. The van der Waals surface area contributed by atoms with Crippen molar-refractivity contribution in [1.29, 1.82) is 0 Å². The summed E-state index contributed by atoms with van der Waals surface area (Å²) in [7, 11) is 0. The van der Waals surface area contributed by atoms with Crippen LogP contribution in [0.2, 0.25) is 0 Å². The van der Waals surface area contributed by atoms with Crippen LogP contribution in [0.3, 0.4) is 0 Å². The number of rotatable bonds is 4. The Labute approximate surface area is 135 Å². The molecule has 0 saturated carbocycles. The number of aryl methyl sites for hydroxylation is 1. The lowest BCUT2D eigenvalue weighted by atomic mass is 10.1. The molecule has 21 heavy (non-hydrogen) atoms. The van der Waals surface area contributed by atoms with Gasteiger partial charge in [0.25, 0.3) is 0 Å². The number of carbonyl (C=O) groups is 2. The van der Waals surface area contributed by atoms with Crippen LogP contribution >= 0.6 is 15.9 Å². The molecular formula is C16H23BrN2O2. The van der Waals surface area contributed by atoms with Crippen molar-refractivity contribution in [1.82, 2.24) is 5.32 Å². The summed E-state index contributed by atoms with van der Waals surface area (Å²) in [6.07, 6.45) is 0.275. The van der Waals surface area contributed by atoms with Crippen molar-refractivity contribution < 1.29 is 9.59 Å². The molecule has 0 aliphatic heterocycles. The highest BCUT2D eigenvalue weighted by Crippen LogP contribution is 2.27. The Balaban J connectivity index is 2.80. The molecule has 2 amide bonds. The highest BCUT2D eigenvalue weighted by atomic mass is 79.9. The third kappa shape index (κ3) is 5.87. The molecule has 4 nitrogen and oxygen atoms in total. The van der Waals surface area contributed by atoms with Gasteiger partial charge in [0.2, 0.25) is 11.8 Å². The molecule has 1 rings (SSSR count). The van der Waals surface area contributed by atoms with Gasteiger partial charge in [-0.1, -0.05) is 6.07 Å². The molecule has 0 spiro atoms. The zero-order valence-corrected chi connectivity index (χ0v) is 14.9. The van der Waals surface area contributed by atoms with Gasteiger partial charge in [0.1, 0.15) is 0 Å². The van der Waals surface area contributed by atoms with Crippen LogP contribution in [-0.2, 0) is 9.59 Å². The summed E-state index contributed by atoms with van der Waals surface area (Å²) in [4.78, 5) is 25.4. The Bertz CT molecular complexity index is 536. The van der Waals surface area contributed by atoms with Crippen LogP contribution in [0.15, 0.2) is 22.7 Å². The number of carbonyl (C=O) groups excluding carboxylic acids is 2. The van der Waals surface area contributed by atoms with E-state index in [-0.39, 0.29) is 23.8 Å². The van der Waals surface area contributed by atoms with Crippen LogP contribution in [0.25, 0.3) is 0 Å². The third-order valence-corrected chi connectivity index (χ3v) is 3.49. The minimum absolute atomic E-state index is 0.0583. The fraction of sp³-hybridized carbons (Fsp3) is 0.500. The molecule has 116 valence electrons. The fourth-order valence-corrected chi connectivity index (χ4v) is 2.68. The van der Waals surface area contributed by atoms with Gasteiger partial charge in [-0.25, -0.2) is 0 Å². The zero-order valence-electron chi connectivity index (χ0n) is 13.3. The normalized spacial score (nSPS) is 11.1. The van der Waals surface area contributed by atoms with Crippen LogP contribution in [0.1, 0.15) is 39.7 Å². The number of hydrogen-bond donors (Lipinski definition) is 1. The van der Waals surface area contributed by atoms with E-state index in [9.17, 15) is 9.59 Å². The summed E-state index contributed by atoms with van der Waals surface area (Å²) in [5.41, 5.74) is 1.64. The number of anilines is 1. The van der Waals surface area contributed by atoms with E-state index in [1.54, 1.807) is 4.90 Å². The van der Waals surface area contributed by atoms with Gasteiger partial charge in [0.05, 0.1) is 5.69 Å². The Morgan fingerprint density at radius 3 is 2.38 bits per heavy atom. The third-order valence-electron chi connectivity index (χ3n) is 2.85. The molecule has 0 atom stereocenters. The van der Waals surface area contributed by atoms with Crippen molar-refractivity contribution in [3.05, 3.63) is 28.2 Å². The van der Waals surface area contributed by atoms with Gasteiger partial charge < -0.3 is 10.2 Å². The minimum atomic E-state index is -0.261. The molecule has 1 aromatic rings. The van der Waals surface area contributed by atoms with E-state index in [1.807, 2.05) is 45.9 Å². The molecular weight excluding hydrogens is 332 g/mol. The number of halogens is 1.